The van der Waals surface area contributed by atoms with E-state index in [1.165, 1.54) is 23.0 Å². The highest BCUT2D eigenvalue weighted by Crippen LogP contribution is 2.09. The van der Waals surface area contributed by atoms with Gasteiger partial charge in [0.15, 0.2) is 10.2 Å². The third-order valence-corrected chi connectivity index (χ3v) is 3.29. The van der Waals surface area contributed by atoms with E-state index in [1.807, 2.05) is 36.6 Å². The second-order valence-corrected chi connectivity index (χ2v) is 5.33. The van der Waals surface area contributed by atoms with Gasteiger partial charge in [-0.3, -0.25) is 10.1 Å². The molecule has 2 aromatic rings. The number of hydrogen-bond acceptors (Lipinski definition) is 4. The van der Waals surface area contributed by atoms with Crippen LogP contribution in [0, 0.1) is 6.92 Å². The summed E-state index contributed by atoms with van der Waals surface area (Å²) < 4.78 is 0. The fourth-order valence-electron chi connectivity index (χ4n) is 1.42. The molecule has 0 aliphatic rings. The molecule has 0 atom stereocenters. The topological polar surface area (TPSA) is 54.0 Å². The lowest BCUT2D eigenvalue weighted by Gasteiger charge is -2.04. The zero-order valence-corrected chi connectivity index (χ0v) is 12.4. The largest absolute Gasteiger partial charge is 0.308 e. The number of thiazole rings is 1. The van der Waals surface area contributed by atoms with Crippen molar-refractivity contribution in [2.45, 2.75) is 6.92 Å². The highest BCUT2D eigenvalue weighted by molar-refractivity contribution is 7.80. The van der Waals surface area contributed by atoms with Crippen LogP contribution < -0.4 is 10.6 Å². The molecular weight excluding hydrogens is 290 g/mol. The quantitative estimate of drug-likeness (QED) is 0.676. The van der Waals surface area contributed by atoms with E-state index in [-0.39, 0.29) is 11.0 Å². The number of aryl methyl sites for hydroxylation is 1. The van der Waals surface area contributed by atoms with Gasteiger partial charge in [0.25, 0.3) is 0 Å². The van der Waals surface area contributed by atoms with Crippen molar-refractivity contribution < 1.29 is 4.79 Å². The van der Waals surface area contributed by atoms with Gasteiger partial charge in [-0.2, -0.15) is 0 Å². The fourth-order valence-corrected chi connectivity index (χ4v) is 2.21. The number of aromatic nitrogens is 1. The average Bonchev–Trinajstić information content (AvgIpc) is 2.90. The summed E-state index contributed by atoms with van der Waals surface area (Å²) in [5, 5.41) is 8.10. The molecule has 1 amide bonds. The minimum absolute atomic E-state index is 0.235. The van der Waals surface area contributed by atoms with Gasteiger partial charge in [-0.05, 0) is 30.8 Å². The minimum Gasteiger partial charge on any atom is -0.308 e. The van der Waals surface area contributed by atoms with Crippen LogP contribution in [0.25, 0.3) is 6.08 Å². The molecule has 20 heavy (non-hydrogen) atoms. The standard InChI is InChI=1S/C14H13N3OS2/c1-10-2-4-11(5-3-10)6-7-12(18)16-13(19)17-14-15-8-9-20-14/h2-9H,1H3,(H2,15,16,17,18,19)/b7-6+. The van der Waals surface area contributed by atoms with Gasteiger partial charge < -0.3 is 5.32 Å². The first kappa shape index (κ1) is 14.4. The van der Waals surface area contributed by atoms with Crippen LogP contribution in [-0.2, 0) is 4.79 Å². The summed E-state index contributed by atoms with van der Waals surface area (Å²) in [5.41, 5.74) is 2.14. The SMILES string of the molecule is Cc1ccc(/C=C/C(=O)NC(=S)Nc2nccs2)cc1. The minimum atomic E-state index is -0.278. The Bertz CT molecular complexity index is 618. The second-order valence-electron chi connectivity index (χ2n) is 4.02. The highest BCUT2D eigenvalue weighted by atomic mass is 32.1. The zero-order valence-electron chi connectivity index (χ0n) is 10.8. The summed E-state index contributed by atoms with van der Waals surface area (Å²) in [5.74, 6) is -0.278. The van der Waals surface area contributed by atoms with E-state index in [0.29, 0.717) is 5.13 Å². The molecule has 2 rings (SSSR count). The van der Waals surface area contributed by atoms with Gasteiger partial charge >= 0.3 is 0 Å². The number of carbonyl (C=O) groups is 1. The maximum Gasteiger partial charge on any atom is 0.250 e. The van der Waals surface area contributed by atoms with Crippen molar-refractivity contribution in [1.82, 2.24) is 10.3 Å². The first-order chi connectivity index (χ1) is 9.63. The van der Waals surface area contributed by atoms with Crippen LogP contribution in [-0.4, -0.2) is 16.0 Å². The van der Waals surface area contributed by atoms with Crippen LogP contribution in [0.2, 0.25) is 0 Å². The zero-order chi connectivity index (χ0) is 14.4. The molecule has 0 unspecified atom stereocenters. The van der Waals surface area contributed by atoms with E-state index in [9.17, 15) is 4.79 Å². The van der Waals surface area contributed by atoms with Gasteiger partial charge in [0, 0.05) is 17.7 Å². The Balaban J connectivity index is 1.85. The maximum atomic E-state index is 11.7. The molecule has 1 aromatic carbocycles. The molecular formula is C14H13N3OS2. The number of benzene rings is 1. The first-order valence-electron chi connectivity index (χ1n) is 5.90. The Morgan fingerprint density at radius 2 is 2.10 bits per heavy atom. The lowest BCUT2D eigenvalue weighted by atomic mass is 10.1. The van der Waals surface area contributed by atoms with E-state index in [1.54, 1.807) is 12.3 Å². The van der Waals surface area contributed by atoms with Crippen molar-refractivity contribution in [2.24, 2.45) is 0 Å². The number of amides is 1. The maximum absolute atomic E-state index is 11.7. The molecule has 0 spiro atoms. The van der Waals surface area contributed by atoms with E-state index >= 15 is 0 Å². The molecule has 2 N–H and O–H groups in total. The van der Waals surface area contributed by atoms with E-state index in [0.717, 1.165) is 5.56 Å². The summed E-state index contributed by atoms with van der Waals surface area (Å²) in [6.45, 7) is 2.02. The Kier molecular flexibility index (Phi) is 4.97. The molecule has 1 heterocycles. The molecule has 6 heteroatoms. The van der Waals surface area contributed by atoms with Crippen molar-refractivity contribution in [1.29, 1.82) is 0 Å². The number of anilines is 1. The van der Waals surface area contributed by atoms with E-state index < -0.39 is 0 Å². The molecule has 0 aliphatic carbocycles. The summed E-state index contributed by atoms with van der Waals surface area (Å²) in [6, 6.07) is 7.88. The molecule has 1 aromatic heterocycles. The van der Waals surface area contributed by atoms with Crippen molar-refractivity contribution in [3.63, 3.8) is 0 Å². The Morgan fingerprint density at radius 1 is 1.35 bits per heavy atom. The smallest absolute Gasteiger partial charge is 0.250 e. The molecule has 0 bridgehead atoms. The van der Waals surface area contributed by atoms with Crippen molar-refractivity contribution >= 4 is 45.8 Å². The molecule has 0 saturated heterocycles. The van der Waals surface area contributed by atoms with Gasteiger partial charge in [-0.25, -0.2) is 4.98 Å². The van der Waals surface area contributed by atoms with Crippen molar-refractivity contribution in [3.05, 3.63) is 53.0 Å². The number of rotatable bonds is 3. The summed E-state index contributed by atoms with van der Waals surface area (Å²) in [7, 11) is 0. The molecule has 102 valence electrons. The molecule has 0 fully saturated rings. The normalized spacial score (nSPS) is 10.4. The van der Waals surface area contributed by atoms with Crippen LogP contribution >= 0.6 is 23.6 Å². The monoisotopic (exact) mass is 303 g/mol. The summed E-state index contributed by atoms with van der Waals surface area (Å²) >= 11 is 6.43. The number of thiocarbonyl (C=S) groups is 1. The van der Waals surface area contributed by atoms with Crippen LogP contribution in [0.1, 0.15) is 11.1 Å². The van der Waals surface area contributed by atoms with E-state index in [2.05, 4.69) is 15.6 Å². The fraction of sp³-hybridized carbons (Fsp3) is 0.0714. The van der Waals surface area contributed by atoms with Crippen molar-refractivity contribution in [3.8, 4) is 0 Å². The van der Waals surface area contributed by atoms with E-state index in [4.69, 9.17) is 12.2 Å². The first-order valence-corrected chi connectivity index (χ1v) is 7.18. The van der Waals surface area contributed by atoms with Gasteiger partial charge in [-0.15, -0.1) is 11.3 Å². The highest BCUT2D eigenvalue weighted by Gasteiger charge is 2.02. The van der Waals surface area contributed by atoms with Gasteiger partial charge in [-0.1, -0.05) is 29.8 Å². The number of nitrogens with zero attached hydrogens (tertiary/aromatic N) is 1. The Morgan fingerprint density at radius 3 is 2.75 bits per heavy atom. The van der Waals surface area contributed by atoms with Crippen LogP contribution in [0.15, 0.2) is 41.9 Å². The van der Waals surface area contributed by atoms with Gasteiger partial charge in [0.1, 0.15) is 0 Å². The van der Waals surface area contributed by atoms with Crippen LogP contribution in [0.4, 0.5) is 5.13 Å². The Labute approximate surface area is 126 Å². The lowest BCUT2D eigenvalue weighted by Crippen LogP contribution is -2.32. The van der Waals surface area contributed by atoms with Gasteiger partial charge in [0.2, 0.25) is 5.91 Å². The number of nitrogens with one attached hydrogen (secondary N) is 2. The predicted molar refractivity (Wildman–Crippen MR) is 86.7 cm³/mol. The predicted octanol–water partition coefficient (Wildman–Crippen LogP) is 2.98. The molecule has 0 saturated carbocycles. The third kappa shape index (κ3) is 4.56. The molecule has 4 nitrogen and oxygen atoms in total. The number of carbonyl (C=O) groups excluding carboxylic acids is 1. The average molecular weight is 303 g/mol. The second kappa shape index (κ2) is 6.93. The Hall–Kier alpha value is -2.05. The number of hydrogen-bond donors (Lipinski definition) is 2. The summed E-state index contributed by atoms with van der Waals surface area (Å²) in [4.78, 5) is 15.7. The van der Waals surface area contributed by atoms with Crippen LogP contribution in [0.3, 0.4) is 0 Å². The molecule has 0 radical (unpaired) electrons. The van der Waals surface area contributed by atoms with Crippen molar-refractivity contribution in [2.75, 3.05) is 5.32 Å². The summed E-state index contributed by atoms with van der Waals surface area (Å²) in [6.07, 6.45) is 4.84. The van der Waals surface area contributed by atoms with Gasteiger partial charge in [0.05, 0.1) is 0 Å². The third-order valence-electron chi connectivity index (χ3n) is 2.39. The van der Waals surface area contributed by atoms with Crippen LogP contribution in [0.5, 0.6) is 0 Å². The lowest BCUT2D eigenvalue weighted by molar-refractivity contribution is -0.115. The molecule has 0 aliphatic heterocycles.